The van der Waals surface area contributed by atoms with Crippen LogP contribution in [0, 0.1) is 6.92 Å². The van der Waals surface area contributed by atoms with Crippen molar-refractivity contribution < 1.29 is 9.53 Å². The molecular weight excluding hydrogens is 276 g/mol. The molecule has 4 nitrogen and oxygen atoms in total. The summed E-state index contributed by atoms with van der Waals surface area (Å²) in [6.07, 6.45) is 0.0868. The molecule has 2 aromatic rings. The number of amides is 1. The van der Waals surface area contributed by atoms with Crippen LogP contribution in [0.15, 0.2) is 48.5 Å². The Morgan fingerprint density at radius 1 is 1.05 bits per heavy atom. The summed E-state index contributed by atoms with van der Waals surface area (Å²) in [4.78, 5) is 12.1. The second kappa shape index (κ2) is 7.50. The summed E-state index contributed by atoms with van der Waals surface area (Å²) in [5.41, 5.74) is 2.69. The molecule has 0 radical (unpaired) electrons. The Morgan fingerprint density at radius 3 is 2.36 bits per heavy atom. The average Bonchev–Trinajstić information content (AvgIpc) is 2.48. The van der Waals surface area contributed by atoms with E-state index >= 15 is 0 Å². The molecule has 2 aromatic carbocycles. The van der Waals surface area contributed by atoms with Crippen LogP contribution in [0.4, 0.5) is 11.4 Å². The number of carbonyl (C=O) groups is 1. The highest BCUT2D eigenvalue weighted by Crippen LogP contribution is 2.24. The maximum Gasteiger partial charge on any atom is 0.243 e. The quantitative estimate of drug-likeness (QED) is 0.852. The summed E-state index contributed by atoms with van der Waals surface area (Å²) < 4.78 is 5.72. The zero-order chi connectivity index (χ0) is 15.9. The van der Waals surface area contributed by atoms with Crippen molar-refractivity contribution in [2.24, 2.45) is 0 Å². The third kappa shape index (κ3) is 4.52. The van der Waals surface area contributed by atoms with Crippen LogP contribution in [0.2, 0.25) is 0 Å². The zero-order valence-corrected chi connectivity index (χ0v) is 13.2. The van der Waals surface area contributed by atoms with Gasteiger partial charge in [0.05, 0.1) is 18.3 Å². The minimum absolute atomic E-state index is 0.0868. The van der Waals surface area contributed by atoms with Gasteiger partial charge >= 0.3 is 0 Å². The number of benzene rings is 2. The fraction of sp³-hybridized carbons (Fsp3) is 0.278. The van der Waals surface area contributed by atoms with Crippen molar-refractivity contribution in [2.75, 3.05) is 17.2 Å². The number of anilines is 2. The fourth-order valence-electron chi connectivity index (χ4n) is 2.05. The third-order valence-corrected chi connectivity index (χ3v) is 3.11. The molecule has 0 saturated heterocycles. The topological polar surface area (TPSA) is 50.4 Å². The summed E-state index contributed by atoms with van der Waals surface area (Å²) in [7, 11) is 0. The highest BCUT2D eigenvalue weighted by atomic mass is 16.5. The Kier molecular flexibility index (Phi) is 5.42. The van der Waals surface area contributed by atoms with Gasteiger partial charge in [-0.25, -0.2) is 0 Å². The van der Waals surface area contributed by atoms with Gasteiger partial charge in [-0.1, -0.05) is 30.3 Å². The Morgan fingerprint density at radius 2 is 1.68 bits per heavy atom. The first kappa shape index (κ1) is 15.9. The largest absolute Gasteiger partial charge is 0.489 e. The zero-order valence-electron chi connectivity index (χ0n) is 13.2. The van der Waals surface area contributed by atoms with Gasteiger partial charge in [0, 0.05) is 5.69 Å². The standard InChI is InChI=1S/C18H22N2O2/c1-13(2)22-17-11-7-6-10-16(17)19-12-18(21)20-15-9-5-4-8-14(15)3/h4-11,13,19H,12H2,1-3H3,(H,20,21). The molecule has 2 rings (SSSR count). The second-order valence-electron chi connectivity index (χ2n) is 5.38. The summed E-state index contributed by atoms with van der Waals surface area (Å²) in [5, 5.41) is 6.02. The molecule has 0 heterocycles. The normalized spacial score (nSPS) is 10.4. The highest BCUT2D eigenvalue weighted by molar-refractivity contribution is 5.94. The molecule has 22 heavy (non-hydrogen) atoms. The van der Waals surface area contributed by atoms with Crippen molar-refractivity contribution in [1.29, 1.82) is 0 Å². The summed E-state index contributed by atoms with van der Waals surface area (Å²) in [6.45, 7) is 6.10. The molecule has 0 fully saturated rings. The van der Waals surface area contributed by atoms with E-state index in [4.69, 9.17) is 4.74 Å². The molecule has 0 saturated carbocycles. The Labute approximate surface area is 131 Å². The summed E-state index contributed by atoms with van der Waals surface area (Å²) in [6, 6.07) is 15.3. The molecule has 0 aliphatic rings. The van der Waals surface area contributed by atoms with Crippen LogP contribution in [0.5, 0.6) is 5.75 Å². The van der Waals surface area contributed by atoms with E-state index < -0.39 is 0 Å². The van der Waals surface area contributed by atoms with Gasteiger partial charge in [-0.2, -0.15) is 0 Å². The van der Waals surface area contributed by atoms with Gasteiger partial charge in [0.2, 0.25) is 5.91 Å². The first-order valence-corrected chi connectivity index (χ1v) is 7.41. The Balaban J connectivity index is 1.95. The van der Waals surface area contributed by atoms with Crippen LogP contribution in [0.25, 0.3) is 0 Å². The first-order valence-electron chi connectivity index (χ1n) is 7.41. The predicted octanol–water partition coefficient (Wildman–Crippen LogP) is 3.83. The van der Waals surface area contributed by atoms with Gasteiger partial charge in [-0.05, 0) is 44.5 Å². The van der Waals surface area contributed by atoms with Crippen molar-refractivity contribution in [1.82, 2.24) is 0 Å². The average molecular weight is 298 g/mol. The van der Waals surface area contributed by atoms with Gasteiger partial charge < -0.3 is 15.4 Å². The number of hydrogen-bond acceptors (Lipinski definition) is 3. The smallest absolute Gasteiger partial charge is 0.243 e. The molecule has 0 unspecified atom stereocenters. The lowest BCUT2D eigenvalue weighted by Gasteiger charge is -2.15. The van der Waals surface area contributed by atoms with Gasteiger partial charge in [0.1, 0.15) is 5.75 Å². The summed E-state index contributed by atoms with van der Waals surface area (Å²) >= 11 is 0. The SMILES string of the molecule is Cc1ccccc1NC(=O)CNc1ccccc1OC(C)C. The van der Waals surface area contributed by atoms with Crippen LogP contribution in [0.1, 0.15) is 19.4 Å². The molecule has 2 N–H and O–H groups in total. The van der Waals surface area contributed by atoms with Crippen molar-refractivity contribution in [3.8, 4) is 5.75 Å². The molecule has 116 valence electrons. The molecule has 0 bridgehead atoms. The lowest BCUT2D eigenvalue weighted by Crippen LogP contribution is -2.22. The molecule has 0 atom stereocenters. The van der Waals surface area contributed by atoms with E-state index in [-0.39, 0.29) is 18.6 Å². The minimum Gasteiger partial charge on any atom is -0.489 e. The Hall–Kier alpha value is -2.49. The van der Waals surface area contributed by atoms with E-state index in [1.54, 1.807) is 0 Å². The van der Waals surface area contributed by atoms with Crippen molar-refractivity contribution >= 4 is 17.3 Å². The van der Waals surface area contributed by atoms with E-state index in [1.807, 2.05) is 69.3 Å². The molecule has 1 amide bonds. The van der Waals surface area contributed by atoms with E-state index in [0.717, 1.165) is 22.7 Å². The van der Waals surface area contributed by atoms with Crippen LogP contribution in [0.3, 0.4) is 0 Å². The van der Waals surface area contributed by atoms with Gasteiger partial charge in [-0.15, -0.1) is 0 Å². The van der Waals surface area contributed by atoms with Crippen molar-refractivity contribution in [2.45, 2.75) is 26.9 Å². The number of rotatable bonds is 6. The number of aryl methyl sites for hydroxylation is 1. The maximum atomic E-state index is 12.1. The molecule has 0 aliphatic carbocycles. The van der Waals surface area contributed by atoms with Gasteiger partial charge in [0.15, 0.2) is 0 Å². The lowest BCUT2D eigenvalue weighted by atomic mass is 10.2. The lowest BCUT2D eigenvalue weighted by molar-refractivity contribution is -0.114. The highest BCUT2D eigenvalue weighted by Gasteiger charge is 2.08. The molecular formula is C18H22N2O2. The predicted molar refractivity (Wildman–Crippen MR) is 90.5 cm³/mol. The second-order valence-corrected chi connectivity index (χ2v) is 5.38. The van der Waals surface area contributed by atoms with Crippen LogP contribution >= 0.6 is 0 Å². The number of hydrogen-bond donors (Lipinski definition) is 2. The number of nitrogens with one attached hydrogen (secondary N) is 2. The van der Waals surface area contributed by atoms with Crippen molar-refractivity contribution in [3.05, 3.63) is 54.1 Å². The maximum absolute atomic E-state index is 12.1. The first-order chi connectivity index (χ1) is 10.6. The van der Waals surface area contributed by atoms with E-state index in [2.05, 4.69) is 10.6 Å². The van der Waals surface area contributed by atoms with Crippen LogP contribution < -0.4 is 15.4 Å². The molecule has 4 heteroatoms. The van der Waals surface area contributed by atoms with Crippen molar-refractivity contribution in [3.63, 3.8) is 0 Å². The molecule has 0 spiro atoms. The Bertz CT molecular complexity index is 638. The number of ether oxygens (including phenoxy) is 1. The fourth-order valence-corrected chi connectivity index (χ4v) is 2.05. The summed E-state index contributed by atoms with van der Waals surface area (Å²) in [5.74, 6) is 0.662. The minimum atomic E-state index is -0.0892. The van der Waals surface area contributed by atoms with E-state index in [1.165, 1.54) is 0 Å². The van der Waals surface area contributed by atoms with E-state index in [9.17, 15) is 4.79 Å². The van der Waals surface area contributed by atoms with Gasteiger partial charge in [0.25, 0.3) is 0 Å². The number of para-hydroxylation sites is 3. The molecule has 0 aromatic heterocycles. The van der Waals surface area contributed by atoms with E-state index in [0.29, 0.717) is 0 Å². The van der Waals surface area contributed by atoms with Gasteiger partial charge in [-0.3, -0.25) is 4.79 Å². The number of carbonyl (C=O) groups excluding carboxylic acids is 1. The molecule has 0 aliphatic heterocycles. The van der Waals surface area contributed by atoms with Crippen LogP contribution in [-0.4, -0.2) is 18.6 Å². The van der Waals surface area contributed by atoms with Crippen LogP contribution in [-0.2, 0) is 4.79 Å². The monoisotopic (exact) mass is 298 g/mol. The third-order valence-electron chi connectivity index (χ3n) is 3.11.